The largest absolute Gasteiger partial charge is 0.456 e. The molecular formula is C59H35NOS. The standard InChI is InChI=1S/C59H35NOS/c1-2-15-41(16-3-1)60-52-33-39(38-25-28-44-43-17-6-7-19-48(43)59(51(44)32-38)49-20-8-10-23-56(49)62-57-24-11-9-21-50(57)59)26-29-45(52)46-30-27-40(34-53(46)60)42-18-12-22-54-58(42)47-31-36-13-4-5-14-37(36)35-55(47)61-54/h1-35H. The Morgan fingerprint density at radius 2 is 0.952 bits per heavy atom. The Morgan fingerprint density at radius 1 is 0.371 bits per heavy atom. The fraction of sp³-hybridized carbons (Fsp3) is 0.0169. The van der Waals surface area contributed by atoms with Crippen LogP contribution < -0.4 is 0 Å². The number of aromatic nitrogens is 1. The maximum Gasteiger partial charge on any atom is 0.136 e. The number of hydrogen-bond donors (Lipinski definition) is 0. The maximum atomic E-state index is 6.52. The molecule has 14 rings (SSSR count). The lowest BCUT2D eigenvalue weighted by Gasteiger charge is -2.39. The van der Waals surface area contributed by atoms with Crippen molar-refractivity contribution in [3.63, 3.8) is 0 Å². The lowest BCUT2D eigenvalue weighted by atomic mass is 9.67. The van der Waals surface area contributed by atoms with E-state index in [1.807, 2.05) is 11.8 Å². The van der Waals surface area contributed by atoms with Gasteiger partial charge in [-0.3, -0.25) is 0 Å². The molecule has 0 atom stereocenters. The van der Waals surface area contributed by atoms with Crippen LogP contribution in [-0.2, 0) is 5.41 Å². The van der Waals surface area contributed by atoms with Gasteiger partial charge < -0.3 is 8.98 Å². The first kappa shape index (κ1) is 34.2. The topological polar surface area (TPSA) is 18.1 Å². The molecule has 0 unspecified atom stereocenters. The third kappa shape index (κ3) is 4.61. The number of nitrogens with zero attached hydrogens (tertiary/aromatic N) is 1. The normalized spacial score (nSPS) is 13.5. The summed E-state index contributed by atoms with van der Waals surface area (Å²) in [5.74, 6) is 0. The van der Waals surface area contributed by atoms with Crippen molar-refractivity contribution in [2.24, 2.45) is 0 Å². The molecule has 0 fully saturated rings. The smallest absolute Gasteiger partial charge is 0.136 e. The van der Waals surface area contributed by atoms with Crippen molar-refractivity contribution < 1.29 is 4.42 Å². The Bertz CT molecular complexity index is 3810. The van der Waals surface area contributed by atoms with Gasteiger partial charge in [-0.25, -0.2) is 0 Å². The van der Waals surface area contributed by atoms with Crippen molar-refractivity contribution in [1.29, 1.82) is 0 Å². The molecule has 0 N–H and O–H groups in total. The zero-order valence-corrected chi connectivity index (χ0v) is 34.3. The van der Waals surface area contributed by atoms with E-state index in [0.717, 1.165) is 33.2 Å². The lowest BCUT2D eigenvalue weighted by molar-refractivity contribution is 0.669. The molecule has 1 spiro atoms. The van der Waals surface area contributed by atoms with Crippen LogP contribution in [0.5, 0.6) is 0 Å². The summed E-state index contributed by atoms with van der Waals surface area (Å²) in [5.41, 5.74) is 17.7. The third-order valence-electron chi connectivity index (χ3n) is 13.6. The van der Waals surface area contributed by atoms with E-state index in [1.54, 1.807) is 0 Å². The fourth-order valence-electron chi connectivity index (χ4n) is 11.0. The van der Waals surface area contributed by atoms with E-state index in [1.165, 1.54) is 92.4 Å². The van der Waals surface area contributed by atoms with Crippen LogP contribution in [0.1, 0.15) is 22.3 Å². The summed E-state index contributed by atoms with van der Waals surface area (Å²) in [6.45, 7) is 0. The second-order valence-corrected chi connectivity index (χ2v) is 17.8. The molecule has 0 saturated carbocycles. The molecule has 3 heterocycles. The van der Waals surface area contributed by atoms with Gasteiger partial charge in [-0.15, -0.1) is 0 Å². The molecule has 1 aliphatic heterocycles. The average molecular weight is 806 g/mol. The molecule has 0 saturated heterocycles. The van der Waals surface area contributed by atoms with Gasteiger partial charge in [0.15, 0.2) is 0 Å². The molecule has 2 nitrogen and oxygen atoms in total. The number of furan rings is 1. The minimum Gasteiger partial charge on any atom is -0.456 e. The Kier molecular flexibility index (Phi) is 7.01. The molecule has 2 aliphatic rings. The molecule has 62 heavy (non-hydrogen) atoms. The predicted molar refractivity (Wildman–Crippen MR) is 258 cm³/mol. The molecule has 0 radical (unpaired) electrons. The van der Waals surface area contributed by atoms with Crippen LogP contribution in [0.15, 0.2) is 227 Å². The van der Waals surface area contributed by atoms with Gasteiger partial charge in [0.2, 0.25) is 0 Å². The lowest BCUT2D eigenvalue weighted by Crippen LogP contribution is -2.31. The highest BCUT2D eigenvalue weighted by molar-refractivity contribution is 7.99. The van der Waals surface area contributed by atoms with E-state index in [9.17, 15) is 0 Å². The van der Waals surface area contributed by atoms with Crippen molar-refractivity contribution in [2.75, 3.05) is 0 Å². The second-order valence-electron chi connectivity index (χ2n) is 16.8. The Labute approximate surface area is 362 Å². The van der Waals surface area contributed by atoms with Gasteiger partial charge in [0.25, 0.3) is 0 Å². The summed E-state index contributed by atoms with van der Waals surface area (Å²) < 4.78 is 8.97. The van der Waals surface area contributed by atoms with Crippen molar-refractivity contribution in [1.82, 2.24) is 4.57 Å². The van der Waals surface area contributed by atoms with E-state index < -0.39 is 5.41 Å². The summed E-state index contributed by atoms with van der Waals surface area (Å²) in [6, 6.07) is 78.6. The Balaban J connectivity index is 0.987. The average Bonchev–Trinajstić information content (AvgIpc) is 3.96. The van der Waals surface area contributed by atoms with Gasteiger partial charge in [0.1, 0.15) is 11.2 Å². The second kappa shape index (κ2) is 12.7. The quantitative estimate of drug-likeness (QED) is 0.177. The van der Waals surface area contributed by atoms with Crippen LogP contribution in [0, 0.1) is 0 Å². The van der Waals surface area contributed by atoms with Crippen molar-refractivity contribution >= 4 is 66.3 Å². The van der Waals surface area contributed by atoms with Gasteiger partial charge in [-0.2, -0.15) is 0 Å². The SMILES string of the molecule is c1ccc(-n2c3cc(-c4ccc5c(c4)C4(c6ccccc6Sc6ccccc64)c4ccccc4-5)ccc3c3ccc(-c4cccc5oc6cc7ccccc7cc6c45)cc32)cc1. The van der Waals surface area contributed by atoms with Crippen molar-refractivity contribution in [3.8, 4) is 39.1 Å². The molecule has 10 aromatic carbocycles. The maximum absolute atomic E-state index is 6.52. The van der Waals surface area contributed by atoms with E-state index in [4.69, 9.17) is 4.42 Å². The summed E-state index contributed by atoms with van der Waals surface area (Å²) in [7, 11) is 0. The van der Waals surface area contributed by atoms with Crippen LogP contribution in [0.25, 0.3) is 93.6 Å². The van der Waals surface area contributed by atoms with Gasteiger partial charge in [-0.05, 0) is 127 Å². The molecule has 3 heteroatoms. The zero-order chi connectivity index (χ0) is 40.5. The summed E-state index contributed by atoms with van der Waals surface area (Å²) in [5, 5.41) is 7.14. The molecule has 0 amide bonds. The van der Waals surface area contributed by atoms with Crippen LogP contribution in [-0.4, -0.2) is 4.57 Å². The Hall–Kier alpha value is -7.59. The van der Waals surface area contributed by atoms with Crippen LogP contribution >= 0.6 is 11.8 Å². The molecule has 288 valence electrons. The highest BCUT2D eigenvalue weighted by atomic mass is 32.2. The van der Waals surface area contributed by atoms with Gasteiger partial charge in [0, 0.05) is 37.0 Å². The zero-order valence-electron chi connectivity index (χ0n) is 33.5. The first-order valence-corrected chi connectivity index (χ1v) is 22.1. The summed E-state index contributed by atoms with van der Waals surface area (Å²) in [4.78, 5) is 2.64. The van der Waals surface area contributed by atoms with E-state index >= 15 is 0 Å². The highest BCUT2D eigenvalue weighted by Gasteiger charge is 2.50. The summed E-state index contributed by atoms with van der Waals surface area (Å²) in [6.07, 6.45) is 0. The summed E-state index contributed by atoms with van der Waals surface area (Å²) >= 11 is 1.89. The Morgan fingerprint density at radius 3 is 1.73 bits per heavy atom. The van der Waals surface area contributed by atoms with E-state index in [-0.39, 0.29) is 0 Å². The molecule has 1 aliphatic carbocycles. The van der Waals surface area contributed by atoms with Crippen molar-refractivity contribution in [2.45, 2.75) is 15.2 Å². The molecule has 0 bridgehead atoms. The first-order valence-electron chi connectivity index (χ1n) is 21.3. The fourth-order valence-corrected chi connectivity index (χ4v) is 12.2. The van der Waals surface area contributed by atoms with Crippen LogP contribution in [0.3, 0.4) is 0 Å². The van der Waals surface area contributed by atoms with Crippen LogP contribution in [0.2, 0.25) is 0 Å². The van der Waals surface area contributed by atoms with Crippen molar-refractivity contribution in [3.05, 3.63) is 235 Å². The van der Waals surface area contributed by atoms with Crippen LogP contribution in [0.4, 0.5) is 0 Å². The van der Waals surface area contributed by atoms with Gasteiger partial charge in [0.05, 0.1) is 16.4 Å². The van der Waals surface area contributed by atoms with E-state index in [2.05, 4.69) is 217 Å². The first-order chi connectivity index (χ1) is 30.7. The third-order valence-corrected chi connectivity index (χ3v) is 14.8. The number of benzene rings is 10. The molecule has 12 aromatic rings. The minimum absolute atomic E-state index is 0.421. The number of hydrogen-bond acceptors (Lipinski definition) is 2. The molecule has 2 aromatic heterocycles. The monoisotopic (exact) mass is 805 g/mol. The van der Waals surface area contributed by atoms with Gasteiger partial charge in [-0.1, -0.05) is 163 Å². The molecular weight excluding hydrogens is 771 g/mol. The van der Waals surface area contributed by atoms with E-state index in [0.29, 0.717) is 0 Å². The number of para-hydroxylation sites is 1. The van der Waals surface area contributed by atoms with Gasteiger partial charge >= 0.3 is 0 Å². The number of fused-ring (bicyclic) bond motifs is 16. The number of rotatable bonds is 3. The highest BCUT2D eigenvalue weighted by Crippen LogP contribution is 2.62. The predicted octanol–water partition coefficient (Wildman–Crippen LogP) is 16.0. The minimum atomic E-state index is -0.421.